The summed E-state index contributed by atoms with van der Waals surface area (Å²) in [6, 6.07) is 2.37. The molecule has 0 atom stereocenters. The van der Waals surface area contributed by atoms with Gasteiger partial charge in [0.25, 0.3) is 0 Å². The van der Waals surface area contributed by atoms with Crippen LogP contribution in [0, 0.1) is 17.3 Å². The Labute approximate surface area is 105 Å². The van der Waals surface area contributed by atoms with Gasteiger partial charge in [0.2, 0.25) is 0 Å². The summed E-state index contributed by atoms with van der Waals surface area (Å²) in [6.07, 6.45) is -1.59. The highest BCUT2D eigenvalue weighted by Crippen LogP contribution is 2.33. The molecule has 8 heteroatoms. The fourth-order valence-corrected chi connectivity index (χ4v) is 1.43. The Morgan fingerprint density at radius 3 is 2.61 bits per heavy atom. The van der Waals surface area contributed by atoms with Crippen LogP contribution in [0.4, 0.5) is 23.2 Å². The minimum absolute atomic E-state index is 0.0872. The monoisotopic (exact) mass is 277 g/mol. The van der Waals surface area contributed by atoms with Gasteiger partial charge >= 0.3 is 6.18 Å². The Morgan fingerprint density at radius 2 is 2.11 bits per heavy atom. The van der Waals surface area contributed by atoms with Crippen LogP contribution in [0.5, 0.6) is 0 Å². The van der Waals surface area contributed by atoms with E-state index in [0.29, 0.717) is 12.1 Å². The van der Waals surface area contributed by atoms with Crippen molar-refractivity contribution in [3.63, 3.8) is 0 Å². The van der Waals surface area contributed by atoms with Crippen LogP contribution in [-0.2, 0) is 6.18 Å². The predicted octanol–water partition coefficient (Wildman–Crippen LogP) is 3.27. The Morgan fingerprint density at radius 1 is 1.44 bits per heavy atom. The molecule has 0 amide bonds. The molecule has 0 aliphatic carbocycles. The van der Waals surface area contributed by atoms with E-state index in [2.05, 4.69) is 10.3 Å². The van der Waals surface area contributed by atoms with E-state index in [9.17, 15) is 17.6 Å². The third kappa shape index (κ3) is 3.63. The third-order valence-corrected chi connectivity index (χ3v) is 2.42. The molecule has 0 bridgehead atoms. The molecule has 3 nitrogen and oxygen atoms in total. The van der Waals surface area contributed by atoms with Crippen molar-refractivity contribution in [3.05, 3.63) is 29.6 Å². The highest BCUT2D eigenvalue weighted by Gasteiger charge is 2.34. The summed E-state index contributed by atoms with van der Waals surface area (Å²) in [4.78, 5) is 3.76. The number of hydrogen-bond acceptors (Lipinski definition) is 3. The van der Waals surface area contributed by atoms with Crippen LogP contribution in [0.3, 0.4) is 0 Å². The molecule has 0 fully saturated rings. The van der Waals surface area contributed by atoms with Crippen molar-refractivity contribution in [3.8, 4) is 6.19 Å². The highest BCUT2D eigenvalue weighted by atomic mass is 32.2. The summed E-state index contributed by atoms with van der Waals surface area (Å²) < 4.78 is 50.3. The number of benzene rings is 1. The van der Waals surface area contributed by atoms with Gasteiger partial charge in [0.15, 0.2) is 11.4 Å². The number of amidine groups is 1. The van der Waals surface area contributed by atoms with Gasteiger partial charge in [-0.2, -0.15) is 18.4 Å². The van der Waals surface area contributed by atoms with Crippen molar-refractivity contribution >= 4 is 22.6 Å². The number of alkyl halides is 3. The van der Waals surface area contributed by atoms with Crippen molar-refractivity contribution in [2.45, 2.75) is 6.18 Å². The summed E-state index contributed by atoms with van der Waals surface area (Å²) >= 11 is 1.05. The Bertz CT molecular complexity index is 505. The lowest BCUT2D eigenvalue weighted by Gasteiger charge is -2.08. The largest absolute Gasteiger partial charge is 0.419 e. The standard InChI is InChI=1S/C10H7F4N3S/c1-18-9(16-5-15)17-6-2-3-8(11)7(4-6)10(12,13)14/h2-4H,1H3,(H,16,17). The van der Waals surface area contributed by atoms with E-state index in [1.54, 1.807) is 12.4 Å². The second-order valence-electron chi connectivity index (χ2n) is 3.02. The number of nitrogens with zero attached hydrogens (tertiary/aromatic N) is 2. The lowest BCUT2D eigenvalue weighted by molar-refractivity contribution is -0.139. The van der Waals surface area contributed by atoms with E-state index in [0.717, 1.165) is 17.8 Å². The van der Waals surface area contributed by atoms with Gasteiger partial charge in [0.1, 0.15) is 5.82 Å². The molecule has 0 unspecified atom stereocenters. The van der Waals surface area contributed by atoms with Crippen molar-refractivity contribution < 1.29 is 17.6 Å². The van der Waals surface area contributed by atoms with Gasteiger partial charge in [-0.25, -0.2) is 9.38 Å². The molecule has 1 aromatic rings. The minimum atomic E-state index is -4.78. The van der Waals surface area contributed by atoms with Gasteiger partial charge in [-0.3, -0.25) is 5.32 Å². The predicted molar refractivity (Wildman–Crippen MR) is 60.8 cm³/mol. The minimum Gasteiger partial charge on any atom is -0.271 e. The molecule has 1 rings (SSSR count). The fraction of sp³-hybridized carbons (Fsp3) is 0.200. The summed E-state index contributed by atoms with van der Waals surface area (Å²) in [5.41, 5.74) is -1.48. The van der Waals surface area contributed by atoms with Gasteiger partial charge in [0, 0.05) is 0 Å². The normalized spacial score (nSPS) is 12.1. The first-order valence-electron chi connectivity index (χ1n) is 4.53. The first-order chi connectivity index (χ1) is 8.38. The molecule has 1 aromatic carbocycles. The zero-order valence-electron chi connectivity index (χ0n) is 9.05. The molecule has 0 radical (unpaired) electrons. The fourth-order valence-electron chi connectivity index (χ4n) is 1.09. The quantitative estimate of drug-likeness (QED) is 0.282. The maximum atomic E-state index is 13.0. The molecule has 1 N–H and O–H groups in total. The number of thioether (sulfide) groups is 1. The van der Waals surface area contributed by atoms with Gasteiger partial charge in [-0.15, -0.1) is 0 Å². The molecule has 0 saturated carbocycles. The third-order valence-electron chi connectivity index (χ3n) is 1.84. The first-order valence-corrected chi connectivity index (χ1v) is 5.75. The number of halogens is 4. The van der Waals surface area contributed by atoms with Crippen molar-refractivity contribution in [1.82, 2.24) is 5.32 Å². The zero-order chi connectivity index (χ0) is 13.8. The summed E-state index contributed by atoms with van der Waals surface area (Å²) in [7, 11) is 0. The number of rotatable bonds is 1. The van der Waals surface area contributed by atoms with Crippen molar-refractivity contribution in [2.75, 3.05) is 6.26 Å². The van der Waals surface area contributed by atoms with Crippen LogP contribution in [0.2, 0.25) is 0 Å². The number of nitrogens with one attached hydrogen (secondary N) is 1. The zero-order valence-corrected chi connectivity index (χ0v) is 9.86. The summed E-state index contributed by atoms with van der Waals surface area (Å²) in [5, 5.41) is 10.7. The van der Waals surface area contributed by atoms with Crippen LogP contribution < -0.4 is 5.32 Å². The molecule has 0 saturated heterocycles. The molecule has 0 aromatic heterocycles. The van der Waals surface area contributed by atoms with E-state index < -0.39 is 17.6 Å². The lowest BCUT2D eigenvalue weighted by Crippen LogP contribution is -2.12. The van der Waals surface area contributed by atoms with Crippen LogP contribution in [0.15, 0.2) is 23.2 Å². The number of hydrogen-bond donors (Lipinski definition) is 1. The van der Waals surface area contributed by atoms with E-state index in [-0.39, 0.29) is 10.9 Å². The Balaban J connectivity index is 3.17. The van der Waals surface area contributed by atoms with Gasteiger partial charge in [-0.05, 0) is 24.5 Å². The highest BCUT2D eigenvalue weighted by molar-refractivity contribution is 8.13. The van der Waals surface area contributed by atoms with Crippen LogP contribution in [-0.4, -0.2) is 11.4 Å². The average molecular weight is 277 g/mol. The van der Waals surface area contributed by atoms with Crippen LogP contribution in [0.25, 0.3) is 0 Å². The lowest BCUT2D eigenvalue weighted by atomic mass is 10.2. The summed E-state index contributed by atoms with van der Waals surface area (Å²) in [6.45, 7) is 0. The van der Waals surface area contributed by atoms with E-state index in [1.807, 2.05) is 0 Å². The second-order valence-corrected chi connectivity index (χ2v) is 3.81. The van der Waals surface area contributed by atoms with E-state index in [1.165, 1.54) is 0 Å². The number of aliphatic imine (C=N–C) groups is 1. The summed E-state index contributed by atoms with van der Waals surface area (Å²) in [5.74, 6) is -1.36. The smallest absolute Gasteiger partial charge is 0.271 e. The topological polar surface area (TPSA) is 48.2 Å². The molecule has 96 valence electrons. The number of nitriles is 1. The maximum Gasteiger partial charge on any atom is 0.419 e. The van der Waals surface area contributed by atoms with Gasteiger partial charge in [-0.1, -0.05) is 11.8 Å². The molecule has 0 spiro atoms. The second kappa shape index (κ2) is 5.73. The van der Waals surface area contributed by atoms with Crippen molar-refractivity contribution in [1.29, 1.82) is 5.26 Å². The molecular formula is C10H7F4N3S. The Hall–Kier alpha value is -1.75. The Kier molecular flexibility index (Phi) is 4.55. The molecule has 0 aliphatic rings. The van der Waals surface area contributed by atoms with Gasteiger partial charge in [0.05, 0.1) is 11.3 Å². The SMILES string of the molecule is CSC(=Nc1ccc(F)c(C(F)(F)F)c1)NC#N. The van der Waals surface area contributed by atoms with E-state index >= 15 is 0 Å². The first kappa shape index (κ1) is 14.3. The van der Waals surface area contributed by atoms with Crippen LogP contribution >= 0.6 is 11.8 Å². The molecule has 18 heavy (non-hydrogen) atoms. The van der Waals surface area contributed by atoms with Crippen molar-refractivity contribution in [2.24, 2.45) is 4.99 Å². The molecule has 0 heterocycles. The van der Waals surface area contributed by atoms with E-state index in [4.69, 9.17) is 5.26 Å². The van der Waals surface area contributed by atoms with Crippen LogP contribution in [0.1, 0.15) is 5.56 Å². The maximum absolute atomic E-state index is 13.0. The van der Waals surface area contributed by atoms with Gasteiger partial charge < -0.3 is 0 Å². The molecule has 0 aliphatic heterocycles. The molecular weight excluding hydrogens is 270 g/mol. The average Bonchev–Trinajstić information content (AvgIpc) is 2.29.